The number of rotatable bonds is 8. The topological polar surface area (TPSA) is 85.2 Å². The minimum atomic E-state index is -0.182. The van der Waals surface area contributed by atoms with Crippen LogP contribution in [0.3, 0.4) is 0 Å². The number of amides is 2. The largest absolute Gasteiger partial charge is 0.349 e. The minimum Gasteiger partial charge on any atom is -0.349 e. The van der Waals surface area contributed by atoms with E-state index >= 15 is 0 Å². The van der Waals surface area contributed by atoms with Crippen LogP contribution in [0.5, 0.6) is 0 Å². The normalized spacial score (nSPS) is 15.5. The lowest BCUT2D eigenvalue weighted by atomic mass is 10.1. The van der Waals surface area contributed by atoms with Crippen molar-refractivity contribution in [1.82, 2.24) is 10.2 Å². The first-order valence-corrected chi connectivity index (χ1v) is 9.35. The van der Waals surface area contributed by atoms with Crippen LogP contribution in [0, 0.1) is 17.2 Å². The van der Waals surface area contributed by atoms with Gasteiger partial charge in [0, 0.05) is 12.6 Å². The van der Waals surface area contributed by atoms with Crippen molar-refractivity contribution in [2.24, 2.45) is 5.92 Å². The van der Waals surface area contributed by atoms with Crippen LogP contribution in [0.4, 0.5) is 5.69 Å². The molecule has 0 unspecified atom stereocenters. The van der Waals surface area contributed by atoms with Gasteiger partial charge in [-0.2, -0.15) is 5.26 Å². The van der Waals surface area contributed by atoms with Crippen molar-refractivity contribution < 1.29 is 9.59 Å². The van der Waals surface area contributed by atoms with Gasteiger partial charge < -0.3 is 10.6 Å². The van der Waals surface area contributed by atoms with E-state index in [4.69, 9.17) is 5.26 Å². The summed E-state index contributed by atoms with van der Waals surface area (Å²) < 4.78 is 0. The number of benzene rings is 1. The van der Waals surface area contributed by atoms with Crippen LogP contribution < -0.4 is 10.6 Å². The highest BCUT2D eigenvalue weighted by atomic mass is 16.2. The van der Waals surface area contributed by atoms with Gasteiger partial charge in [0.25, 0.3) is 5.91 Å². The molecule has 1 aliphatic carbocycles. The lowest BCUT2D eigenvalue weighted by molar-refractivity contribution is -0.117. The van der Waals surface area contributed by atoms with E-state index in [0.717, 1.165) is 25.7 Å². The molecule has 1 aromatic rings. The number of hydrogen-bond acceptors (Lipinski definition) is 4. The van der Waals surface area contributed by atoms with Gasteiger partial charge in [0.1, 0.15) is 0 Å². The number of likely N-dealkylation sites (N-methyl/N-ethyl adjacent to an activating group) is 1. The summed E-state index contributed by atoms with van der Waals surface area (Å²) in [5.74, 6) is -0.455. The molecule has 2 amide bonds. The van der Waals surface area contributed by atoms with E-state index in [1.807, 2.05) is 18.7 Å². The number of anilines is 1. The molecule has 140 valence electrons. The Morgan fingerprint density at radius 2 is 2.00 bits per heavy atom. The standard InChI is InChI=1S/C20H28N4O2/c1-3-24(13-15(2)12-21)14-19(25)23-18-11-7-6-10-17(18)20(26)22-16-8-4-5-9-16/h6-7,10-11,15-16H,3-5,8-9,13-14H2,1-2H3,(H,22,26)(H,23,25)/t15-/m0/s1. The second-order valence-corrected chi connectivity index (χ2v) is 6.91. The van der Waals surface area contributed by atoms with Crippen LogP contribution in [-0.2, 0) is 4.79 Å². The average Bonchev–Trinajstić information content (AvgIpc) is 3.14. The van der Waals surface area contributed by atoms with Gasteiger partial charge in [0.05, 0.1) is 29.8 Å². The highest BCUT2D eigenvalue weighted by molar-refractivity contribution is 6.04. The van der Waals surface area contributed by atoms with E-state index in [-0.39, 0.29) is 30.3 Å². The molecular weight excluding hydrogens is 328 g/mol. The summed E-state index contributed by atoms with van der Waals surface area (Å²) in [6.07, 6.45) is 4.33. The molecule has 6 nitrogen and oxygen atoms in total. The summed E-state index contributed by atoms with van der Waals surface area (Å²) in [5.41, 5.74) is 1.01. The molecule has 2 rings (SSSR count). The highest BCUT2D eigenvalue weighted by Gasteiger charge is 2.20. The Bertz CT molecular complexity index is 662. The zero-order valence-corrected chi connectivity index (χ0v) is 15.6. The zero-order valence-electron chi connectivity index (χ0n) is 15.6. The molecule has 0 spiro atoms. The van der Waals surface area contributed by atoms with Gasteiger partial charge >= 0.3 is 0 Å². The van der Waals surface area contributed by atoms with Gasteiger partial charge in [0.15, 0.2) is 0 Å². The molecule has 2 N–H and O–H groups in total. The molecular formula is C20H28N4O2. The fraction of sp³-hybridized carbons (Fsp3) is 0.550. The Hall–Kier alpha value is -2.39. The van der Waals surface area contributed by atoms with Crippen LogP contribution in [0.25, 0.3) is 0 Å². The van der Waals surface area contributed by atoms with E-state index in [1.54, 1.807) is 24.3 Å². The molecule has 0 radical (unpaired) electrons. The number of carbonyl (C=O) groups is 2. The van der Waals surface area contributed by atoms with Gasteiger partial charge in [0.2, 0.25) is 5.91 Å². The second-order valence-electron chi connectivity index (χ2n) is 6.91. The molecule has 6 heteroatoms. The Morgan fingerprint density at radius 1 is 1.31 bits per heavy atom. The van der Waals surface area contributed by atoms with Crippen LogP contribution in [0.15, 0.2) is 24.3 Å². The van der Waals surface area contributed by atoms with E-state index in [9.17, 15) is 9.59 Å². The number of para-hydroxylation sites is 1. The Kier molecular flexibility index (Phi) is 7.61. The first kappa shape index (κ1) is 19.9. The van der Waals surface area contributed by atoms with E-state index in [0.29, 0.717) is 24.3 Å². The van der Waals surface area contributed by atoms with Crippen LogP contribution in [-0.4, -0.2) is 42.4 Å². The van der Waals surface area contributed by atoms with E-state index in [2.05, 4.69) is 16.7 Å². The third-order valence-electron chi connectivity index (χ3n) is 4.70. The summed E-state index contributed by atoms with van der Waals surface area (Å²) in [6.45, 7) is 5.22. The second kappa shape index (κ2) is 9.93. The van der Waals surface area contributed by atoms with E-state index < -0.39 is 0 Å². The van der Waals surface area contributed by atoms with Crippen LogP contribution in [0.2, 0.25) is 0 Å². The summed E-state index contributed by atoms with van der Waals surface area (Å²) in [4.78, 5) is 26.9. The molecule has 1 atom stereocenters. The van der Waals surface area contributed by atoms with Crippen LogP contribution in [0.1, 0.15) is 49.9 Å². The first-order valence-electron chi connectivity index (χ1n) is 9.35. The van der Waals surface area contributed by atoms with Crippen molar-refractivity contribution in [2.45, 2.75) is 45.6 Å². The van der Waals surface area contributed by atoms with Gasteiger partial charge in [-0.05, 0) is 38.4 Å². The molecule has 1 aromatic carbocycles. The fourth-order valence-corrected chi connectivity index (χ4v) is 3.25. The molecule has 0 aromatic heterocycles. The summed E-state index contributed by atoms with van der Waals surface area (Å²) in [6, 6.07) is 9.49. The SMILES string of the molecule is CCN(CC(=O)Nc1ccccc1C(=O)NC1CCCC1)C[C@@H](C)C#N. The molecule has 0 bridgehead atoms. The van der Waals surface area contributed by atoms with Gasteiger partial charge in [-0.25, -0.2) is 0 Å². The number of carbonyl (C=O) groups excluding carboxylic acids is 2. The van der Waals surface area contributed by atoms with Crippen molar-refractivity contribution in [3.05, 3.63) is 29.8 Å². The van der Waals surface area contributed by atoms with E-state index in [1.165, 1.54) is 0 Å². The average molecular weight is 356 g/mol. The van der Waals surface area contributed by atoms with Gasteiger partial charge in [-0.3, -0.25) is 14.5 Å². The Labute approximate surface area is 155 Å². The van der Waals surface area contributed by atoms with Gasteiger partial charge in [-0.15, -0.1) is 0 Å². The Morgan fingerprint density at radius 3 is 2.65 bits per heavy atom. The summed E-state index contributed by atoms with van der Waals surface area (Å²) >= 11 is 0. The number of nitriles is 1. The van der Waals surface area contributed by atoms with Crippen LogP contribution >= 0.6 is 0 Å². The molecule has 0 heterocycles. The maximum Gasteiger partial charge on any atom is 0.253 e. The molecule has 1 aliphatic rings. The number of hydrogen-bond donors (Lipinski definition) is 2. The molecule has 0 aliphatic heterocycles. The number of nitrogens with zero attached hydrogens (tertiary/aromatic N) is 2. The molecule has 26 heavy (non-hydrogen) atoms. The minimum absolute atomic E-state index is 0.132. The molecule has 0 saturated heterocycles. The van der Waals surface area contributed by atoms with Gasteiger partial charge in [-0.1, -0.05) is 31.9 Å². The lowest BCUT2D eigenvalue weighted by Gasteiger charge is -2.21. The molecule has 1 fully saturated rings. The number of nitrogens with one attached hydrogen (secondary N) is 2. The third kappa shape index (κ3) is 5.85. The quantitative estimate of drug-likeness (QED) is 0.750. The maximum atomic E-state index is 12.6. The lowest BCUT2D eigenvalue weighted by Crippen LogP contribution is -2.36. The van der Waals surface area contributed by atoms with Crippen molar-refractivity contribution in [2.75, 3.05) is 25.0 Å². The smallest absolute Gasteiger partial charge is 0.253 e. The van der Waals surface area contributed by atoms with Crippen molar-refractivity contribution in [3.8, 4) is 6.07 Å². The predicted molar refractivity (Wildman–Crippen MR) is 102 cm³/mol. The fourth-order valence-electron chi connectivity index (χ4n) is 3.25. The third-order valence-corrected chi connectivity index (χ3v) is 4.70. The zero-order chi connectivity index (χ0) is 18.9. The van der Waals surface area contributed by atoms with Crippen molar-refractivity contribution in [3.63, 3.8) is 0 Å². The molecule has 1 saturated carbocycles. The summed E-state index contributed by atoms with van der Waals surface area (Å²) in [7, 11) is 0. The summed E-state index contributed by atoms with van der Waals surface area (Å²) in [5, 5.41) is 14.8. The maximum absolute atomic E-state index is 12.6. The Balaban J connectivity index is 1.98. The van der Waals surface area contributed by atoms with Crippen molar-refractivity contribution in [1.29, 1.82) is 5.26 Å². The monoisotopic (exact) mass is 356 g/mol. The predicted octanol–water partition coefficient (Wildman–Crippen LogP) is 2.78. The van der Waals surface area contributed by atoms with Crippen molar-refractivity contribution >= 4 is 17.5 Å². The first-order chi connectivity index (χ1) is 12.5. The highest BCUT2D eigenvalue weighted by Crippen LogP contribution is 2.20.